The van der Waals surface area contributed by atoms with E-state index in [2.05, 4.69) is 23.7 Å². The van der Waals surface area contributed by atoms with Crippen LogP contribution in [0.1, 0.15) is 33.1 Å². The highest BCUT2D eigenvalue weighted by Gasteiger charge is 2.36. The molecule has 102 valence electrons. The molecular formula is C15H21N3O. The highest BCUT2D eigenvalue weighted by atomic mass is 16.4. The van der Waals surface area contributed by atoms with E-state index < -0.39 is 0 Å². The van der Waals surface area contributed by atoms with Crippen LogP contribution in [-0.2, 0) is 0 Å². The molecule has 0 radical (unpaired) electrons. The van der Waals surface area contributed by atoms with Crippen molar-refractivity contribution in [3.05, 3.63) is 18.2 Å². The van der Waals surface area contributed by atoms with Crippen molar-refractivity contribution in [1.29, 1.82) is 0 Å². The summed E-state index contributed by atoms with van der Waals surface area (Å²) >= 11 is 0. The van der Waals surface area contributed by atoms with Gasteiger partial charge in [0.05, 0.1) is 0 Å². The van der Waals surface area contributed by atoms with Crippen LogP contribution in [0.25, 0.3) is 11.1 Å². The van der Waals surface area contributed by atoms with Gasteiger partial charge in [-0.05, 0) is 36.8 Å². The second-order valence-corrected chi connectivity index (χ2v) is 5.60. The number of nitrogen functional groups attached to an aromatic ring is 1. The Morgan fingerprint density at radius 1 is 1.37 bits per heavy atom. The van der Waals surface area contributed by atoms with Crippen LogP contribution < -0.4 is 10.6 Å². The average molecular weight is 259 g/mol. The van der Waals surface area contributed by atoms with E-state index in [0.717, 1.165) is 30.2 Å². The van der Waals surface area contributed by atoms with Crippen molar-refractivity contribution >= 4 is 22.8 Å². The van der Waals surface area contributed by atoms with Gasteiger partial charge in [-0.15, -0.1) is 0 Å². The van der Waals surface area contributed by atoms with Gasteiger partial charge in [-0.2, -0.15) is 4.98 Å². The zero-order valence-corrected chi connectivity index (χ0v) is 11.6. The molecule has 2 aromatic rings. The Kier molecular flexibility index (Phi) is 2.88. The maximum atomic E-state index is 5.85. The van der Waals surface area contributed by atoms with E-state index in [1.807, 2.05) is 18.2 Å². The highest BCUT2D eigenvalue weighted by molar-refractivity contribution is 5.78. The van der Waals surface area contributed by atoms with Crippen molar-refractivity contribution in [2.75, 3.05) is 23.7 Å². The van der Waals surface area contributed by atoms with Crippen molar-refractivity contribution in [2.45, 2.75) is 33.1 Å². The fourth-order valence-electron chi connectivity index (χ4n) is 2.99. The quantitative estimate of drug-likeness (QED) is 0.858. The van der Waals surface area contributed by atoms with Gasteiger partial charge in [-0.25, -0.2) is 0 Å². The van der Waals surface area contributed by atoms with E-state index in [1.54, 1.807) is 0 Å². The first-order valence-corrected chi connectivity index (χ1v) is 7.07. The fourth-order valence-corrected chi connectivity index (χ4v) is 2.99. The summed E-state index contributed by atoms with van der Waals surface area (Å²) in [5.74, 6) is 0. The van der Waals surface area contributed by atoms with Gasteiger partial charge in [0, 0.05) is 24.8 Å². The summed E-state index contributed by atoms with van der Waals surface area (Å²) in [6.45, 7) is 6.63. The van der Waals surface area contributed by atoms with Crippen LogP contribution >= 0.6 is 0 Å². The molecular weight excluding hydrogens is 238 g/mol. The predicted octanol–water partition coefficient (Wildman–Crippen LogP) is 3.43. The third kappa shape index (κ3) is 2.05. The van der Waals surface area contributed by atoms with Crippen molar-refractivity contribution < 1.29 is 4.42 Å². The van der Waals surface area contributed by atoms with Crippen molar-refractivity contribution in [3.63, 3.8) is 0 Å². The molecule has 4 heteroatoms. The minimum Gasteiger partial charge on any atom is -0.423 e. The SMILES string of the molecule is CCC1(CC)CCN(c2nc3ccc(N)cc3o2)C1. The van der Waals surface area contributed by atoms with E-state index in [0.29, 0.717) is 11.1 Å². The summed E-state index contributed by atoms with van der Waals surface area (Å²) in [5.41, 5.74) is 8.58. The normalized spacial score (nSPS) is 18.3. The van der Waals surface area contributed by atoms with E-state index in [-0.39, 0.29) is 0 Å². The number of oxazole rings is 1. The van der Waals surface area contributed by atoms with E-state index >= 15 is 0 Å². The van der Waals surface area contributed by atoms with Gasteiger partial charge in [0.25, 0.3) is 6.01 Å². The zero-order valence-electron chi connectivity index (χ0n) is 11.6. The Morgan fingerprint density at radius 2 is 2.16 bits per heavy atom. The van der Waals surface area contributed by atoms with Crippen LogP contribution in [0, 0.1) is 5.41 Å². The summed E-state index contributed by atoms with van der Waals surface area (Å²) in [6, 6.07) is 6.36. The largest absolute Gasteiger partial charge is 0.423 e. The van der Waals surface area contributed by atoms with Gasteiger partial charge in [0.1, 0.15) is 5.52 Å². The fraction of sp³-hybridized carbons (Fsp3) is 0.533. The Morgan fingerprint density at radius 3 is 2.84 bits per heavy atom. The summed E-state index contributed by atoms with van der Waals surface area (Å²) in [4.78, 5) is 6.84. The van der Waals surface area contributed by atoms with Gasteiger partial charge >= 0.3 is 0 Å². The molecule has 0 bridgehead atoms. The number of nitrogens with zero attached hydrogens (tertiary/aromatic N) is 2. The summed E-state index contributed by atoms with van der Waals surface area (Å²) < 4.78 is 5.85. The van der Waals surface area contributed by atoms with Gasteiger partial charge in [0.15, 0.2) is 5.58 Å². The summed E-state index contributed by atoms with van der Waals surface area (Å²) in [6.07, 6.45) is 3.65. The molecule has 4 nitrogen and oxygen atoms in total. The molecule has 0 amide bonds. The molecule has 1 saturated heterocycles. The molecule has 0 spiro atoms. The number of fused-ring (bicyclic) bond motifs is 1. The molecule has 19 heavy (non-hydrogen) atoms. The second-order valence-electron chi connectivity index (χ2n) is 5.60. The van der Waals surface area contributed by atoms with Crippen LogP contribution in [0.4, 0.5) is 11.7 Å². The minimum atomic E-state index is 0.430. The van der Waals surface area contributed by atoms with E-state index in [1.165, 1.54) is 19.3 Å². The maximum absolute atomic E-state index is 5.85. The molecule has 1 aromatic carbocycles. The molecule has 2 heterocycles. The maximum Gasteiger partial charge on any atom is 0.298 e. The van der Waals surface area contributed by atoms with Crippen LogP contribution in [0.5, 0.6) is 0 Å². The van der Waals surface area contributed by atoms with Crippen molar-refractivity contribution in [2.24, 2.45) is 5.41 Å². The van der Waals surface area contributed by atoms with E-state index in [9.17, 15) is 0 Å². The summed E-state index contributed by atoms with van der Waals surface area (Å²) in [7, 11) is 0. The number of rotatable bonds is 3. The Bertz CT molecular complexity index is 586. The molecule has 0 atom stereocenters. The monoisotopic (exact) mass is 259 g/mol. The Labute approximate surface area is 113 Å². The molecule has 1 fully saturated rings. The average Bonchev–Trinajstić information content (AvgIpc) is 3.02. The number of hydrogen-bond donors (Lipinski definition) is 1. The molecule has 0 unspecified atom stereocenters. The molecule has 2 N–H and O–H groups in total. The van der Waals surface area contributed by atoms with Crippen LogP contribution in [0.2, 0.25) is 0 Å². The molecule has 1 aliphatic rings. The first-order valence-electron chi connectivity index (χ1n) is 7.07. The van der Waals surface area contributed by atoms with Crippen LogP contribution in [0.15, 0.2) is 22.6 Å². The molecule has 1 aromatic heterocycles. The van der Waals surface area contributed by atoms with E-state index in [4.69, 9.17) is 10.2 Å². The predicted molar refractivity (Wildman–Crippen MR) is 78.3 cm³/mol. The smallest absolute Gasteiger partial charge is 0.298 e. The number of anilines is 2. The lowest BCUT2D eigenvalue weighted by molar-refractivity contribution is 0.300. The first kappa shape index (κ1) is 12.3. The zero-order chi connectivity index (χ0) is 13.5. The van der Waals surface area contributed by atoms with Gasteiger partial charge < -0.3 is 15.1 Å². The molecule has 0 saturated carbocycles. The van der Waals surface area contributed by atoms with Crippen molar-refractivity contribution in [3.8, 4) is 0 Å². The van der Waals surface area contributed by atoms with Gasteiger partial charge in [0.2, 0.25) is 0 Å². The van der Waals surface area contributed by atoms with Crippen LogP contribution in [-0.4, -0.2) is 18.1 Å². The second kappa shape index (κ2) is 4.44. The number of hydrogen-bond acceptors (Lipinski definition) is 4. The van der Waals surface area contributed by atoms with Crippen molar-refractivity contribution in [1.82, 2.24) is 4.98 Å². The molecule has 1 aliphatic heterocycles. The Balaban J connectivity index is 1.89. The Hall–Kier alpha value is -1.71. The lowest BCUT2D eigenvalue weighted by atomic mass is 9.82. The minimum absolute atomic E-state index is 0.430. The standard InChI is InChI=1S/C15H21N3O/c1-3-15(4-2)7-8-18(10-15)14-17-12-6-5-11(16)9-13(12)19-14/h5-6,9H,3-4,7-8,10,16H2,1-2H3. The third-order valence-corrected chi connectivity index (χ3v) is 4.61. The van der Waals surface area contributed by atoms with Gasteiger partial charge in [-0.1, -0.05) is 13.8 Å². The number of aromatic nitrogens is 1. The topological polar surface area (TPSA) is 55.3 Å². The number of nitrogens with two attached hydrogens (primary N) is 1. The lowest BCUT2D eigenvalue weighted by Gasteiger charge is -2.25. The molecule has 0 aliphatic carbocycles. The number of benzene rings is 1. The molecule has 3 rings (SSSR count). The summed E-state index contributed by atoms with van der Waals surface area (Å²) in [5, 5.41) is 0. The third-order valence-electron chi connectivity index (χ3n) is 4.61. The first-order chi connectivity index (χ1) is 9.15. The lowest BCUT2D eigenvalue weighted by Crippen LogP contribution is -2.26. The highest BCUT2D eigenvalue weighted by Crippen LogP contribution is 2.39. The van der Waals surface area contributed by atoms with Gasteiger partial charge in [-0.3, -0.25) is 0 Å². The van der Waals surface area contributed by atoms with Crippen LogP contribution in [0.3, 0.4) is 0 Å².